The maximum atomic E-state index is 12.3. The van der Waals surface area contributed by atoms with Crippen molar-refractivity contribution in [3.8, 4) is 5.75 Å². The fourth-order valence-electron chi connectivity index (χ4n) is 1.68. The Bertz CT molecular complexity index is 366. The molecule has 4 heteroatoms. The highest BCUT2D eigenvalue weighted by atomic mass is 16.5. The normalized spacial score (nSPS) is 10.1. The number of amides is 1. The molecule has 0 spiro atoms. The number of carbonyl (C=O) groups is 1. The number of nitrogens with zero attached hydrogens (tertiary/aromatic N) is 1. The van der Waals surface area contributed by atoms with Crippen LogP contribution in [0.4, 0.5) is 0 Å². The summed E-state index contributed by atoms with van der Waals surface area (Å²) in [6.45, 7) is 3.92. The second-order valence-corrected chi connectivity index (χ2v) is 3.73. The van der Waals surface area contributed by atoms with E-state index in [0.29, 0.717) is 30.9 Å². The molecule has 1 rings (SSSR count). The Morgan fingerprint density at radius 2 is 2.12 bits per heavy atom. The van der Waals surface area contributed by atoms with Crippen molar-refractivity contribution in [1.82, 2.24) is 4.90 Å². The van der Waals surface area contributed by atoms with Gasteiger partial charge in [-0.1, -0.05) is 12.1 Å². The molecule has 0 fully saturated rings. The van der Waals surface area contributed by atoms with E-state index in [0.717, 1.165) is 6.42 Å². The van der Waals surface area contributed by atoms with E-state index in [-0.39, 0.29) is 5.91 Å². The fourth-order valence-corrected chi connectivity index (χ4v) is 1.68. The number of ether oxygens (including phenoxy) is 1. The molecule has 4 nitrogen and oxygen atoms in total. The van der Waals surface area contributed by atoms with Crippen LogP contribution in [0.15, 0.2) is 24.3 Å². The van der Waals surface area contributed by atoms with Gasteiger partial charge in [0, 0.05) is 13.1 Å². The van der Waals surface area contributed by atoms with Crippen molar-refractivity contribution in [2.24, 2.45) is 5.73 Å². The molecular formula is C13H20N2O2. The van der Waals surface area contributed by atoms with E-state index >= 15 is 0 Å². The first kappa shape index (κ1) is 13.5. The van der Waals surface area contributed by atoms with E-state index in [4.69, 9.17) is 10.5 Å². The second-order valence-electron chi connectivity index (χ2n) is 3.73. The van der Waals surface area contributed by atoms with Crippen molar-refractivity contribution in [1.29, 1.82) is 0 Å². The first-order valence-corrected chi connectivity index (χ1v) is 5.87. The Labute approximate surface area is 102 Å². The highest BCUT2D eigenvalue weighted by molar-refractivity contribution is 5.96. The minimum absolute atomic E-state index is 0.00148. The molecule has 0 aliphatic heterocycles. The Kier molecular flexibility index (Phi) is 5.49. The van der Waals surface area contributed by atoms with E-state index in [2.05, 4.69) is 0 Å². The van der Waals surface area contributed by atoms with Gasteiger partial charge in [-0.2, -0.15) is 0 Å². The summed E-state index contributed by atoms with van der Waals surface area (Å²) in [5.41, 5.74) is 6.07. The summed E-state index contributed by atoms with van der Waals surface area (Å²) < 4.78 is 5.19. The maximum Gasteiger partial charge on any atom is 0.257 e. The zero-order valence-electron chi connectivity index (χ0n) is 10.5. The van der Waals surface area contributed by atoms with Crippen LogP contribution in [0.5, 0.6) is 5.75 Å². The van der Waals surface area contributed by atoms with Gasteiger partial charge in [0.1, 0.15) is 5.75 Å². The Balaban J connectivity index is 2.85. The minimum atomic E-state index is -0.00148. The number of carbonyl (C=O) groups excluding carboxylic acids is 1. The average Bonchev–Trinajstić information content (AvgIpc) is 2.39. The predicted molar refractivity (Wildman–Crippen MR) is 68.2 cm³/mol. The topological polar surface area (TPSA) is 55.6 Å². The molecule has 0 heterocycles. The summed E-state index contributed by atoms with van der Waals surface area (Å²) in [6.07, 6.45) is 0.814. The summed E-state index contributed by atoms with van der Waals surface area (Å²) in [5.74, 6) is 0.613. The molecule has 0 unspecified atom stereocenters. The van der Waals surface area contributed by atoms with Crippen molar-refractivity contribution < 1.29 is 9.53 Å². The lowest BCUT2D eigenvalue weighted by Crippen LogP contribution is -2.33. The van der Waals surface area contributed by atoms with Gasteiger partial charge in [0.15, 0.2) is 0 Å². The lowest BCUT2D eigenvalue weighted by atomic mass is 10.1. The quantitative estimate of drug-likeness (QED) is 0.814. The van der Waals surface area contributed by atoms with Crippen molar-refractivity contribution >= 4 is 5.91 Å². The maximum absolute atomic E-state index is 12.3. The van der Waals surface area contributed by atoms with Gasteiger partial charge in [-0.3, -0.25) is 4.79 Å². The largest absolute Gasteiger partial charge is 0.496 e. The monoisotopic (exact) mass is 236 g/mol. The summed E-state index contributed by atoms with van der Waals surface area (Å²) in [5, 5.41) is 0. The van der Waals surface area contributed by atoms with Gasteiger partial charge in [-0.15, -0.1) is 0 Å². The Morgan fingerprint density at radius 1 is 1.41 bits per heavy atom. The van der Waals surface area contributed by atoms with Gasteiger partial charge < -0.3 is 15.4 Å². The lowest BCUT2D eigenvalue weighted by molar-refractivity contribution is 0.0760. The van der Waals surface area contributed by atoms with Crippen LogP contribution in [0, 0.1) is 0 Å². The molecule has 0 saturated heterocycles. The number of nitrogens with two attached hydrogens (primary N) is 1. The molecule has 0 radical (unpaired) electrons. The van der Waals surface area contributed by atoms with E-state index in [1.165, 1.54) is 0 Å². The van der Waals surface area contributed by atoms with Crippen LogP contribution >= 0.6 is 0 Å². The Morgan fingerprint density at radius 3 is 2.71 bits per heavy atom. The van der Waals surface area contributed by atoms with E-state index in [9.17, 15) is 4.79 Å². The number of methoxy groups -OCH3 is 1. The number of hydrogen-bond acceptors (Lipinski definition) is 3. The smallest absolute Gasteiger partial charge is 0.257 e. The highest BCUT2D eigenvalue weighted by Crippen LogP contribution is 2.19. The van der Waals surface area contributed by atoms with Crippen LogP contribution in [0.25, 0.3) is 0 Å². The van der Waals surface area contributed by atoms with Crippen LogP contribution in [-0.4, -0.2) is 37.6 Å². The third-order valence-electron chi connectivity index (χ3n) is 2.64. The van der Waals surface area contributed by atoms with Gasteiger partial charge in [0.2, 0.25) is 0 Å². The molecule has 0 aliphatic rings. The molecule has 0 atom stereocenters. The summed E-state index contributed by atoms with van der Waals surface area (Å²) in [4.78, 5) is 14.0. The number of benzene rings is 1. The fraction of sp³-hybridized carbons (Fsp3) is 0.462. The molecule has 2 N–H and O–H groups in total. The third kappa shape index (κ3) is 3.46. The average molecular weight is 236 g/mol. The molecule has 17 heavy (non-hydrogen) atoms. The summed E-state index contributed by atoms with van der Waals surface area (Å²) in [6, 6.07) is 7.27. The van der Waals surface area contributed by atoms with Gasteiger partial charge >= 0.3 is 0 Å². The molecule has 0 aromatic heterocycles. The van der Waals surface area contributed by atoms with Crippen molar-refractivity contribution in [3.63, 3.8) is 0 Å². The molecule has 1 amide bonds. The molecule has 1 aromatic carbocycles. The third-order valence-corrected chi connectivity index (χ3v) is 2.64. The minimum Gasteiger partial charge on any atom is -0.496 e. The van der Waals surface area contributed by atoms with Crippen LogP contribution < -0.4 is 10.5 Å². The van der Waals surface area contributed by atoms with Crippen LogP contribution in [0.3, 0.4) is 0 Å². The number of para-hydroxylation sites is 1. The van der Waals surface area contributed by atoms with E-state index in [1.807, 2.05) is 19.1 Å². The Hall–Kier alpha value is -1.55. The first-order valence-electron chi connectivity index (χ1n) is 5.87. The zero-order valence-corrected chi connectivity index (χ0v) is 10.5. The molecule has 0 saturated carbocycles. The molecule has 0 bridgehead atoms. The molecule has 1 aromatic rings. The molecule has 94 valence electrons. The predicted octanol–water partition coefficient (Wildman–Crippen LogP) is 1.51. The zero-order chi connectivity index (χ0) is 12.7. The second kappa shape index (κ2) is 6.91. The standard InChI is InChI=1S/C13H20N2O2/c1-3-15(10-6-9-14)13(16)11-7-4-5-8-12(11)17-2/h4-5,7-8H,3,6,9-10,14H2,1-2H3. The van der Waals surface area contributed by atoms with E-state index < -0.39 is 0 Å². The summed E-state index contributed by atoms with van der Waals surface area (Å²) >= 11 is 0. The van der Waals surface area contributed by atoms with Gasteiger partial charge in [0.05, 0.1) is 12.7 Å². The number of hydrogen-bond donors (Lipinski definition) is 1. The van der Waals surface area contributed by atoms with Crippen molar-refractivity contribution in [2.45, 2.75) is 13.3 Å². The molecule has 0 aliphatic carbocycles. The van der Waals surface area contributed by atoms with Crippen LogP contribution in [0.1, 0.15) is 23.7 Å². The number of rotatable bonds is 6. The van der Waals surface area contributed by atoms with E-state index in [1.54, 1.807) is 24.1 Å². The summed E-state index contributed by atoms with van der Waals surface area (Å²) in [7, 11) is 1.57. The van der Waals surface area contributed by atoms with Crippen molar-refractivity contribution in [3.05, 3.63) is 29.8 Å². The van der Waals surface area contributed by atoms with Crippen LogP contribution in [-0.2, 0) is 0 Å². The first-order chi connectivity index (χ1) is 8.24. The van der Waals surface area contributed by atoms with Gasteiger partial charge in [-0.05, 0) is 32.0 Å². The highest BCUT2D eigenvalue weighted by Gasteiger charge is 2.17. The van der Waals surface area contributed by atoms with Gasteiger partial charge in [0.25, 0.3) is 5.91 Å². The van der Waals surface area contributed by atoms with Crippen molar-refractivity contribution in [2.75, 3.05) is 26.7 Å². The van der Waals surface area contributed by atoms with Gasteiger partial charge in [-0.25, -0.2) is 0 Å². The van der Waals surface area contributed by atoms with Crippen LogP contribution in [0.2, 0.25) is 0 Å². The lowest BCUT2D eigenvalue weighted by Gasteiger charge is -2.21. The SMILES string of the molecule is CCN(CCCN)C(=O)c1ccccc1OC. The molecular weight excluding hydrogens is 216 g/mol.